The predicted octanol–water partition coefficient (Wildman–Crippen LogP) is 5.99. The minimum Gasteiger partial charge on any atom is -1.00 e. The molecule has 0 heterocycles. The number of hydrogen-bond donors (Lipinski definition) is 1. The van der Waals surface area contributed by atoms with E-state index in [-0.39, 0.29) is 48.2 Å². The predicted molar refractivity (Wildman–Crippen MR) is 131 cm³/mol. The molecule has 7 heteroatoms. The molecular formula is C20H32Cr2S5+. The largest absolute Gasteiger partial charge is 6.00 e. The van der Waals surface area contributed by atoms with Crippen molar-refractivity contribution in [2.75, 3.05) is 0 Å². The molecular weight excluding hydrogens is 505 g/mol. The van der Waals surface area contributed by atoms with Crippen LogP contribution in [0.2, 0.25) is 0 Å². The van der Waals surface area contributed by atoms with Gasteiger partial charge in [0.15, 0.2) is 0 Å². The molecule has 0 atom stereocenters. The minimum atomic E-state index is 0. The minimum absolute atomic E-state index is 0. The summed E-state index contributed by atoms with van der Waals surface area (Å²) in [5.41, 5.74) is 14.7. The van der Waals surface area contributed by atoms with Gasteiger partial charge in [-0.15, -0.1) is 0 Å². The summed E-state index contributed by atoms with van der Waals surface area (Å²) in [7, 11) is 0. The van der Waals surface area contributed by atoms with Crippen molar-refractivity contribution in [1.29, 1.82) is 0 Å². The molecule has 0 bridgehead atoms. The molecule has 0 spiro atoms. The molecule has 2 aromatic rings. The molecule has 2 rings (SSSR count). The van der Waals surface area contributed by atoms with Crippen molar-refractivity contribution >= 4 is 60.1 Å². The summed E-state index contributed by atoms with van der Waals surface area (Å²) in [6, 6.07) is 0. The van der Waals surface area contributed by atoms with Gasteiger partial charge < -0.3 is 88.0 Å². The molecule has 0 nitrogen and oxygen atoms in total. The zero-order valence-corrected chi connectivity index (χ0v) is 24.7. The van der Waals surface area contributed by atoms with Crippen LogP contribution in [-0.2, 0) is 83.2 Å². The monoisotopic (exact) mass is 536 g/mol. The second kappa shape index (κ2) is 19.5. The van der Waals surface area contributed by atoms with Crippen LogP contribution in [0.15, 0.2) is 0 Å². The number of hydrogen-bond acceptors (Lipinski definition) is 5. The summed E-state index contributed by atoms with van der Waals surface area (Å²) < 4.78 is 0. The Kier molecular flexibility index (Phi) is 28.2. The quantitative estimate of drug-likeness (QED) is 0.190. The third-order valence-corrected chi connectivity index (χ3v) is 5.62. The van der Waals surface area contributed by atoms with Crippen LogP contribution in [0.1, 0.15) is 55.6 Å². The zero-order valence-electron chi connectivity index (χ0n) is 17.9. The Morgan fingerprint density at radius 2 is 0.741 bits per heavy atom. The fraction of sp³-hybridized carbons (Fsp3) is 0.500. The van der Waals surface area contributed by atoms with E-state index in [0.717, 1.165) is 0 Å². The Bertz CT molecular complexity index is 427. The molecule has 0 amide bonds. The van der Waals surface area contributed by atoms with Crippen LogP contribution in [-0.4, -0.2) is 0 Å². The average molecular weight is 537 g/mol. The molecule has 0 aliphatic carbocycles. The molecule has 27 heavy (non-hydrogen) atoms. The van der Waals surface area contributed by atoms with E-state index in [1.54, 1.807) is 0 Å². The maximum absolute atomic E-state index is 3.78. The maximum atomic E-state index is 3.78. The Hall–Kier alpha value is 1.51. The standard InChI is InChI=1S/2C10H15.2Cr.H2S2.S2.H2S/c2*1-6-7(2)9(4)10(5)8(6)3;;;2*1-2;/h2*1-5H3;;;1-2H;;1H2/q-5;-1;+5;+6;;-2;/p-2. The van der Waals surface area contributed by atoms with Gasteiger partial charge in [0.2, 0.25) is 0 Å². The van der Waals surface area contributed by atoms with Gasteiger partial charge in [0.1, 0.15) is 0 Å². The third-order valence-electron chi connectivity index (χ3n) is 5.62. The van der Waals surface area contributed by atoms with Gasteiger partial charge >= 0.3 is 34.7 Å². The first-order valence-corrected chi connectivity index (χ1v) is 10.6. The zero-order chi connectivity index (χ0) is 19.8. The molecule has 1 radical (unpaired) electrons. The second-order valence-corrected chi connectivity index (χ2v) is 6.25. The van der Waals surface area contributed by atoms with Crippen molar-refractivity contribution in [3.05, 3.63) is 55.6 Å². The fourth-order valence-electron chi connectivity index (χ4n) is 2.81. The van der Waals surface area contributed by atoms with Crippen LogP contribution < -0.4 is 0 Å². The van der Waals surface area contributed by atoms with Crippen molar-refractivity contribution in [2.45, 2.75) is 69.2 Å². The topological polar surface area (TPSA) is 0 Å². The van der Waals surface area contributed by atoms with Gasteiger partial charge in [-0.25, -0.2) is 34.6 Å². The molecule has 2 aromatic carbocycles. The molecule has 0 fully saturated rings. The van der Waals surface area contributed by atoms with Crippen LogP contribution in [0.3, 0.4) is 0 Å². The summed E-state index contributed by atoms with van der Waals surface area (Å²) in [6.07, 6.45) is 0. The molecule has 0 saturated heterocycles. The van der Waals surface area contributed by atoms with Crippen molar-refractivity contribution in [1.82, 2.24) is 0 Å². The van der Waals surface area contributed by atoms with E-state index in [9.17, 15) is 0 Å². The van der Waals surface area contributed by atoms with Gasteiger partial charge in [0.05, 0.1) is 0 Å². The van der Waals surface area contributed by atoms with Crippen LogP contribution in [0.25, 0.3) is 0 Å². The Morgan fingerprint density at radius 1 is 0.593 bits per heavy atom. The third kappa shape index (κ3) is 10.4. The summed E-state index contributed by atoms with van der Waals surface area (Å²) in [5, 5.41) is 0. The normalized spacial score (nSPS) is 8.22. The van der Waals surface area contributed by atoms with Gasteiger partial charge in [0, 0.05) is 0 Å². The average Bonchev–Trinajstić information content (AvgIpc) is 2.89. The van der Waals surface area contributed by atoms with Gasteiger partial charge in [0.25, 0.3) is 0 Å². The Morgan fingerprint density at radius 3 is 0.815 bits per heavy atom. The van der Waals surface area contributed by atoms with Crippen LogP contribution in [0.4, 0.5) is 0 Å². The maximum Gasteiger partial charge on any atom is 6.00 e. The summed E-state index contributed by atoms with van der Waals surface area (Å²) >= 11 is 14.2. The molecule has 153 valence electrons. The van der Waals surface area contributed by atoms with Gasteiger partial charge in [-0.3, -0.25) is 0 Å². The Balaban J connectivity index is -0.0000000921. The van der Waals surface area contributed by atoms with Crippen LogP contribution in [0.5, 0.6) is 0 Å². The first-order valence-electron chi connectivity index (χ1n) is 7.85. The number of thiol groups is 2. The van der Waals surface area contributed by atoms with Crippen molar-refractivity contribution in [3.8, 4) is 0 Å². The van der Waals surface area contributed by atoms with Gasteiger partial charge in [-0.1, -0.05) is 34.6 Å². The first-order chi connectivity index (χ1) is 11.1. The van der Waals surface area contributed by atoms with Crippen molar-refractivity contribution < 1.29 is 34.7 Å². The van der Waals surface area contributed by atoms with Crippen molar-refractivity contribution in [3.63, 3.8) is 0 Å². The van der Waals surface area contributed by atoms with E-state index in [1.165, 1.54) is 55.6 Å². The van der Waals surface area contributed by atoms with Crippen molar-refractivity contribution in [2.24, 2.45) is 0 Å². The van der Waals surface area contributed by atoms with Crippen LogP contribution in [0, 0.1) is 69.2 Å². The smallest absolute Gasteiger partial charge is 1.00 e. The summed E-state index contributed by atoms with van der Waals surface area (Å²) in [4.78, 5) is 0. The van der Waals surface area contributed by atoms with E-state index < -0.39 is 0 Å². The first kappa shape index (κ1) is 39.0. The molecule has 0 saturated carbocycles. The molecule has 0 aliphatic heterocycles. The van der Waals surface area contributed by atoms with E-state index in [4.69, 9.17) is 0 Å². The molecule has 0 N–H and O–H groups in total. The summed E-state index contributed by atoms with van der Waals surface area (Å²) in [6.45, 7) is 22.0. The second-order valence-electron chi connectivity index (χ2n) is 6.25. The summed E-state index contributed by atoms with van der Waals surface area (Å²) in [5.74, 6) is 0. The Labute approximate surface area is 217 Å². The fourth-order valence-corrected chi connectivity index (χ4v) is 2.81. The van der Waals surface area contributed by atoms with E-state index in [2.05, 4.69) is 116 Å². The SMILES string of the molecule is C[c-]1[c-](C)[c-](C)[c-](C)[c-]1C.Cc1c(C)c(C)[c-](C)c1C.[Cr+5].[Cr+6].[S-]S.[S-][S-].[SH-]. The van der Waals surface area contributed by atoms with Crippen LogP contribution >= 0.6 is 11.7 Å². The van der Waals surface area contributed by atoms with E-state index in [0.29, 0.717) is 0 Å². The van der Waals surface area contributed by atoms with Gasteiger partial charge in [-0.05, 0) is 0 Å². The molecule has 0 aliphatic rings. The molecule has 0 unspecified atom stereocenters. The van der Waals surface area contributed by atoms with Gasteiger partial charge in [-0.2, -0.15) is 27.8 Å². The molecule has 0 aromatic heterocycles. The number of rotatable bonds is 0. The van der Waals surface area contributed by atoms with E-state index in [1.807, 2.05) is 0 Å². The van der Waals surface area contributed by atoms with E-state index >= 15 is 0 Å².